The smallest absolute Gasteiger partial charge is 0.255 e. The van der Waals surface area contributed by atoms with Crippen molar-refractivity contribution in [2.24, 2.45) is 0 Å². The van der Waals surface area contributed by atoms with Gasteiger partial charge in [-0.25, -0.2) is 0 Å². The van der Waals surface area contributed by atoms with Crippen molar-refractivity contribution < 1.29 is 14.3 Å². The van der Waals surface area contributed by atoms with Crippen LogP contribution in [0.5, 0.6) is 5.75 Å². The summed E-state index contributed by atoms with van der Waals surface area (Å²) in [4.78, 5) is 31.1. The summed E-state index contributed by atoms with van der Waals surface area (Å²) in [6, 6.07) is 21.2. The van der Waals surface area contributed by atoms with Crippen LogP contribution >= 0.6 is 15.9 Å². The standard InChI is InChI=1S/C31H35BrN4O3/c1-39-29-10-6-5-9-28(29)36-19-17-35(18-20-36)27-16-15-25(34-30(37)22-11-13-23(32)14-12-22)21-26(27)31(38)33-24-7-3-2-4-8-24/h5-6,9-16,21,24H,2-4,7-8,17-20H2,1H3,(H,33,38)(H,34,37). The van der Waals surface area contributed by atoms with Gasteiger partial charge in [-0.15, -0.1) is 0 Å². The fourth-order valence-corrected chi connectivity index (χ4v) is 5.73. The topological polar surface area (TPSA) is 73.9 Å². The Kier molecular flexibility index (Phi) is 8.71. The molecule has 0 atom stereocenters. The first kappa shape index (κ1) is 27.1. The largest absolute Gasteiger partial charge is 0.495 e. The highest BCUT2D eigenvalue weighted by atomic mass is 79.9. The van der Waals surface area contributed by atoms with Gasteiger partial charge in [0, 0.05) is 53.6 Å². The van der Waals surface area contributed by atoms with Gasteiger partial charge < -0.3 is 25.2 Å². The number of benzene rings is 3. The summed E-state index contributed by atoms with van der Waals surface area (Å²) in [5, 5.41) is 6.25. The predicted octanol–water partition coefficient (Wildman–Crippen LogP) is 6.10. The molecule has 204 valence electrons. The van der Waals surface area contributed by atoms with Crippen molar-refractivity contribution in [3.63, 3.8) is 0 Å². The Balaban J connectivity index is 1.36. The number of amides is 2. The zero-order valence-corrected chi connectivity index (χ0v) is 23.9. The van der Waals surface area contributed by atoms with Crippen LogP contribution < -0.4 is 25.2 Å². The van der Waals surface area contributed by atoms with Crippen LogP contribution in [-0.2, 0) is 0 Å². The fraction of sp³-hybridized carbons (Fsp3) is 0.355. The third kappa shape index (κ3) is 6.56. The Bertz CT molecular complexity index is 1300. The molecule has 0 radical (unpaired) electrons. The van der Waals surface area contributed by atoms with Gasteiger partial charge in [0.2, 0.25) is 0 Å². The van der Waals surface area contributed by atoms with E-state index in [2.05, 4.69) is 42.4 Å². The molecule has 2 fully saturated rings. The normalized spacial score (nSPS) is 16.1. The fourth-order valence-electron chi connectivity index (χ4n) is 5.47. The first-order valence-electron chi connectivity index (χ1n) is 13.7. The molecule has 3 aromatic rings. The van der Waals surface area contributed by atoms with Crippen LogP contribution in [0.3, 0.4) is 0 Å². The molecule has 39 heavy (non-hydrogen) atoms. The maximum absolute atomic E-state index is 13.6. The Labute approximate surface area is 238 Å². The number of para-hydroxylation sites is 2. The molecule has 5 rings (SSSR count). The Morgan fingerprint density at radius 3 is 2.18 bits per heavy atom. The number of halogens is 1. The van der Waals surface area contributed by atoms with Crippen LogP contribution in [0.1, 0.15) is 52.8 Å². The van der Waals surface area contributed by atoms with E-state index in [1.807, 2.05) is 48.5 Å². The maximum Gasteiger partial charge on any atom is 0.255 e. The highest BCUT2D eigenvalue weighted by Crippen LogP contribution is 2.31. The van der Waals surface area contributed by atoms with Crippen LogP contribution in [-0.4, -0.2) is 51.1 Å². The second-order valence-corrected chi connectivity index (χ2v) is 11.1. The molecule has 1 heterocycles. The van der Waals surface area contributed by atoms with E-state index in [-0.39, 0.29) is 17.9 Å². The predicted molar refractivity (Wildman–Crippen MR) is 160 cm³/mol. The van der Waals surface area contributed by atoms with Crippen molar-refractivity contribution in [1.29, 1.82) is 0 Å². The third-order valence-electron chi connectivity index (χ3n) is 7.59. The van der Waals surface area contributed by atoms with Gasteiger partial charge in [-0.05, 0) is 67.4 Å². The number of nitrogens with one attached hydrogen (secondary N) is 2. The number of anilines is 3. The van der Waals surface area contributed by atoms with E-state index >= 15 is 0 Å². The van der Waals surface area contributed by atoms with Gasteiger partial charge in [0.15, 0.2) is 0 Å². The minimum Gasteiger partial charge on any atom is -0.495 e. The van der Waals surface area contributed by atoms with Gasteiger partial charge in [-0.1, -0.05) is 47.3 Å². The molecule has 0 bridgehead atoms. The monoisotopic (exact) mass is 590 g/mol. The van der Waals surface area contributed by atoms with Crippen molar-refractivity contribution in [3.05, 3.63) is 82.3 Å². The lowest BCUT2D eigenvalue weighted by molar-refractivity contribution is 0.0927. The van der Waals surface area contributed by atoms with Crippen LogP contribution in [0.15, 0.2) is 71.2 Å². The average Bonchev–Trinajstić information content (AvgIpc) is 2.98. The molecule has 1 saturated carbocycles. The summed E-state index contributed by atoms with van der Waals surface area (Å²) in [7, 11) is 1.70. The molecule has 2 aliphatic rings. The van der Waals surface area contributed by atoms with Gasteiger partial charge in [0.25, 0.3) is 11.8 Å². The maximum atomic E-state index is 13.6. The summed E-state index contributed by atoms with van der Waals surface area (Å²) in [5.41, 5.74) is 3.74. The van der Waals surface area contributed by atoms with Crippen LogP contribution in [0.2, 0.25) is 0 Å². The lowest BCUT2D eigenvalue weighted by Gasteiger charge is -2.38. The number of carbonyl (C=O) groups excluding carboxylic acids is 2. The summed E-state index contributed by atoms with van der Waals surface area (Å²) < 4.78 is 6.48. The van der Waals surface area contributed by atoms with E-state index in [4.69, 9.17) is 4.74 Å². The lowest BCUT2D eigenvalue weighted by Crippen LogP contribution is -2.47. The van der Waals surface area contributed by atoms with Gasteiger partial charge in [0.1, 0.15) is 5.75 Å². The molecule has 1 aliphatic carbocycles. The molecule has 7 nitrogen and oxygen atoms in total. The summed E-state index contributed by atoms with van der Waals surface area (Å²) >= 11 is 3.41. The Hall–Kier alpha value is -3.52. The highest BCUT2D eigenvalue weighted by molar-refractivity contribution is 9.10. The number of hydrogen-bond acceptors (Lipinski definition) is 5. The van der Waals surface area contributed by atoms with Crippen molar-refractivity contribution in [1.82, 2.24) is 5.32 Å². The zero-order valence-electron chi connectivity index (χ0n) is 22.3. The second-order valence-electron chi connectivity index (χ2n) is 10.1. The van der Waals surface area contributed by atoms with Crippen molar-refractivity contribution >= 4 is 44.8 Å². The van der Waals surface area contributed by atoms with E-state index in [1.165, 1.54) is 6.42 Å². The van der Waals surface area contributed by atoms with Crippen molar-refractivity contribution in [2.75, 3.05) is 48.4 Å². The number of ether oxygens (including phenoxy) is 1. The molecule has 3 aromatic carbocycles. The molecule has 2 amide bonds. The Morgan fingerprint density at radius 2 is 1.49 bits per heavy atom. The van der Waals surface area contributed by atoms with Crippen molar-refractivity contribution in [3.8, 4) is 5.75 Å². The van der Waals surface area contributed by atoms with Gasteiger partial charge in [0.05, 0.1) is 18.4 Å². The summed E-state index contributed by atoms with van der Waals surface area (Å²) in [6.45, 7) is 3.16. The highest BCUT2D eigenvalue weighted by Gasteiger charge is 2.25. The number of hydrogen-bond donors (Lipinski definition) is 2. The van der Waals surface area contributed by atoms with E-state index in [0.717, 1.165) is 73.5 Å². The van der Waals surface area contributed by atoms with Gasteiger partial charge in [-0.2, -0.15) is 0 Å². The second kappa shape index (κ2) is 12.6. The zero-order chi connectivity index (χ0) is 27.2. The Morgan fingerprint density at radius 1 is 0.821 bits per heavy atom. The van der Waals surface area contributed by atoms with Crippen LogP contribution in [0.4, 0.5) is 17.1 Å². The first-order valence-corrected chi connectivity index (χ1v) is 14.5. The van der Waals surface area contributed by atoms with Crippen LogP contribution in [0.25, 0.3) is 0 Å². The van der Waals surface area contributed by atoms with Crippen molar-refractivity contribution in [2.45, 2.75) is 38.1 Å². The van der Waals surface area contributed by atoms with Gasteiger partial charge >= 0.3 is 0 Å². The van der Waals surface area contributed by atoms with Gasteiger partial charge in [-0.3, -0.25) is 9.59 Å². The molecule has 0 spiro atoms. The molecular formula is C31H35BrN4O3. The molecular weight excluding hydrogens is 556 g/mol. The first-order chi connectivity index (χ1) is 19.0. The van der Waals surface area contributed by atoms with E-state index in [9.17, 15) is 9.59 Å². The average molecular weight is 592 g/mol. The summed E-state index contributed by atoms with van der Waals surface area (Å²) in [5.74, 6) is 0.576. The SMILES string of the molecule is COc1ccccc1N1CCN(c2ccc(NC(=O)c3ccc(Br)cc3)cc2C(=O)NC2CCCCC2)CC1. The summed E-state index contributed by atoms with van der Waals surface area (Å²) in [6.07, 6.45) is 5.54. The molecule has 0 aromatic heterocycles. The number of nitrogens with zero attached hydrogens (tertiary/aromatic N) is 2. The molecule has 1 aliphatic heterocycles. The minimum absolute atomic E-state index is 0.0798. The number of rotatable bonds is 7. The van der Waals surface area contributed by atoms with Crippen LogP contribution in [0, 0.1) is 0 Å². The molecule has 8 heteroatoms. The number of piperazine rings is 1. The third-order valence-corrected chi connectivity index (χ3v) is 8.12. The number of methoxy groups -OCH3 is 1. The van der Waals surface area contributed by atoms with E-state index < -0.39 is 0 Å². The van der Waals surface area contributed by atoms with E-state index in [1.54, 1.807) is 19.2 Å². The number of carbonyl (C=O) groups is 2. The molecule has 2 N–H and O–H groups in total. The molecule has 1 saturated heterocycles. The minimum atomic E-state index is -0.209. The quantitative estimate of drug-likeness (QED) is 0.348. The molecule has 0 unspecified atom stereocenters. The van der Waals surface area contributed by atoms with E-state index in [0.29, 0.717) is 16.8 Å². The lowest BCUT2D eigenvalue weighted by atomic mass is 9.95.